The van der Waals surface area contributed by atoms with Gasteiger partial charge in [-0.3, -0.25) is 14.6 Å². The topological polar surface area (TPSA) is 93.0 Å². The third kappa shape index (κ3) is 3.32. The highest BCUT2D eigenvalue weighted by molar-refractivity contribution is 6.01. The van der Waals surface area contributed by atoms with Gasteiger partial charge in [-0.1, -0.05) is 6.07 Å². The Labute approximate surface area is 171 Å². The van der Waals surface area contributed by atoms with E-state index in [4.69, 9.17) is 0 Å². The fraction of sp³-hybridized carbons (Fsp3) is 0.286. The van der Waals surface area contributed by atoms with Crippen LogP contribution in [0.1, 0.15) is 26.8 Å². The number of nitrogens with one attached hydrogen (secondary N) is 1. The zero-order valence-corrected chi connectivity index (χ0v) is 16.0. The molecule has 1 saturated heterocycles. The minimum Gasteiger partial charge on any atom is -0.338 e. The van der Waals surface area contributed by atoms with Gasteiger partial charge in [-0.25, -0.2) is 4.39 Å². The summed E-state index contributed by atoms with van der Waals surface area (Å²) in [5, 5.41) is 10.9. The van der Waals surface area contributed by atoms with E-state index in [-0.39, 0.29) is 23.6 Å². The Morgan fingerprint density at radius 2 is 1.83 bits per heavy atom. The number of rotatable bonds is 3. The van der Waals surface area contributed by atoms with Crippen molar-refractivity contribution in [2.75, 3.05) is 18.4 Å². The second-order valence-corrected chi connectivity index (χ2v) is 7.69. The van der Waals surface area contributed by atoms with Crippen molar-refractivity contribution in [2.24, 2.45) is 11.8 Å². The summed E-state index contributed by atoms with van der Waals surface area (Å²) >= 11 is 0. The first kappa shape index (κ1) is 18.4. The van der Waals surface area contributed by atoms with Crippen molar-refractivity contribution in [3.05, 3.63) is 71.8 Å². The number of nitrogens with zero attached hydrogens (tertiary/aromatic N) is 5. The fourth-order valence-corrected chi connectivity index (χ4v) is 4.29. The van der Waals surface area contributed by atoms with Crippen molar-refractivity contribution < 1.29 is 14.0 Å². The number of likely N-dealkylation sites (tertiary alicyclic amines) is 1. The number of pyridine rings is 1. The van der Waals surface area contributed by atoms with Gasteiger partial charge in [0.15, 0.2) is 0 Å². The van der Waals surface area contributed by atoms with Crippen LogP contribution in [0.4, 0.5) is 10.1 Å². The maximum Gasteiger partial charge on any atom is 0.293 e. The van der Waals surface area contributed by atoms with Crippen molar-refractivity contribution >= 4 is 17.5 Å². The van der Waals surface area contributed by atoms with Gasteiger partial charge >= 0.3 is 0 Å². The van der Waals surface area contributed by atoms with Crippen molar-refractivity contribution in [2.45, 2.75) is 13.0 Å². The molecule has 1 N–H and O–H groups in total. The molecule has 9 heteroatoms. The van der Waals surface area contributed by atoms with Crippen LogP contribution in [-0.4, -0.2) is 49.6 Å². The van der Waals surface area contributed by atoms with Gasteiger partial charge in [0.2, 0.25) is 5.82 Å². The zero-order chi connectivity index (χ0) is 20.7. The van der Waals surface area contributed by atoms with Crippen LogP contribution in [0, 0.1) is 17.7 Å². The van der Waals surface area contributed by atoms with Crippen LogP contribution >= 0.6 is 0 Å². The van der Waals surface area contributed by atoms with E-state index in [0.717, 1.165) is 5.82 Å². The van der Waals surface area contributed by atoms with Crippen LogP contribution in [0.3, 0.4) is 0 Å². The summed E-state index contributed by atoms with van der Waals surface area (Å²) in [6, 6.07) is 9.14. The van der Waals surface area contributed by atoms with E-state index >= 15 is 0 Å². The number of amides is 2. The maximum atomic E-state index is 13.4. The minimum absolute atomic E-state index is 0.00774. The lowest BCUT2D eigenvalue weighted by Gasteiger charge is -2.25. The molecule has 3 aromatic rings. The van der Waals surface area contributed by atoms with E-state index in [1.807, 2.05) is 9.47 Å². The van der Waals surface area contributed by atoms with Gasteiger partial charge in [-0.05, 0) is 42.2 Å². The average Bonchev–Trinajstić information content (AvgIpc) is 3.35. The van der Waals surface area contributed by atoms with Crippen molar-refractivity contribution in [1.82, 2.24) is 24.6 Å². The first-order valence-electron chi connectivity index (χ1n) is 9.77. The molecule has 5 rings (SSSR count). The molecule has 2 amide bonds. The molecule has 30 heavy (non-hydrogen) atoms. The Bertz CT molecular complexity index is 1120. The Balaban J connectivity index is 1.31. The van der Waals surface area contributed by atoms with Crippen LogP contribution in [0.25, 0.3) is 0 Å². The van der Waals surface area contributed by atoms with E-state index in [9.17, 15) is 14.0 Å². The van der Waals surface area contributed by atoms with E-state index in [1.54, 1.807) is 30.6 Å². The second-order valence-electron chi connectivity index (χ2n) is 7.69. The lowest BCUT2D eigenvalue weighted by atomic mass is 9.89. The quantitative estimate of drug-likeness (QED) is 0.718. The maximum absolute atomic E-state index is 13.4. The molecule has 0 radical (unpaired) electrons. The summed E-state index contributed by atoms with van der Waals surface area (Å²) in [6.07, 6.45) is 3.88. The Kier molecular flexibility index (Phi) is 4.50. The van der Waals surface area contributed by atoms with Crippen LogP contribution in [0.15, 0.2) is 48.8 Å². The first-order valence-corrected chi connectivity index (χ1v) is 9.77. The van der Waals surface area contributed by atoms with Gasteiger partial charge in [0.25, 0.3) is 11.8 Å². The zero-order valence-electron chi connectivity index (χ0n) is 16.0. The summed E-state index contributed by atoms with van der Waals surface area (Å²) < 4.78 is 15.2. The predicted octanol–water partition coefficient (Wildman–Crippen LogP) is 2.01. The molecular formula is C21H19FN6O2. The van der Waals surface area contributed by atoms with Gasteiger partial charge in [-0.15, -0.1) is 10.2 Å². The highest BCUT2D eigenvalue weighted by atomic mass is 19.1. The summed E-state index contributed by atoms with van der Waals surface area (Å²) in [4.78, 5) is 31.3. The summed E-state index contributed by atoms with van der Waals surface area (Å²) in [5.74, 6) is 0.577. The number of aromatic nitrogens is 4. The second kappa shape index (κ2) is 7.33. The summed E-state index contributed by atoms with van der Waals surface area (Å²) in [6.45, 7) is 1.84. The van der Waals surface area contributed by atoms with E-state index in [1.165, 1.54) is 18.2 Å². The number of carbonyl (C=O) groups excluding carboxylic acids is 2. The SMILES string of the molecule is O=C(Nc1cccc(F)c1)c1nnc2n1CC1CN(C(=O)c3ccncc3)CC1C2. The third-order valence-electron chi connectivity index (χ3n) is 5.77. The molecule has 2 atom stereocenters. The van der Waals surface area contributed by atoms with Gasteiger partial charge in [-0.2, -0.15) is 0 Å². The van der Waals surface area contributed by atoms with Gasteiger partial charge in [0.05, 0.1) is 0 Å². The number of anilines is 1. The van der Waals surface area contributed by atoms with Gasteiger partial charge in [0.1, 0.15) is 11.6 Å². The number of carbonyl (C=O) groups is 2. The molecule has 1 fully saturated rings. The largest absolute Gasteiger partial charge is 0.338 e. The monoisotopic (exact) mass is 406 g/mol. The smallest absolute Gasteiger partial charge is 0.293 e. The molecule has 0 aliphatic carbocycles. The third-order valence-corrected chi connectivity index (χ3v) is 5.77. The lowest BCUT2D eigenvalue weighted by Crippen LogP contribution is -2.31. The molecule has 4 heterocycles. The predicted molar refractivity (Wildman–Crippen MR) is 105 cm³/mol. The van der Waals surface area contributed by atoms with Crippen molar-refractivity contribution in [1.29, 1.82) is 0 Å². The van der Waals surface area contributed by atoms with Crippen LogP contribution in [0.5, 0.6) is 0 Å². The number of hydrogen-bond donors (Lipinski definition) is 1. The molecule has 0 bridgehead atoms. The Morgan fingerprint density at radius 3 is 2.63 bits per heavy atom. The molecule has 2 aromatic heterocycles. The van der Waals surface area contributed by atoms with E-state index in [0.29, 0.717) is 37.3 Å². The van der Waals surface area contributed by atoms with Crippen molar-refractivity contribution in [3.63, 3.8) is 0 Å². The van der Waals surface area contributed by atoms with Crippen LogP contribution < -0.4 is 5.32 Å². The molecule has 2 unspecified atom stereocenters. The number of halogens is 1. The van der Waals surface area contributed by atoms with Gasteiger partial charge < -0.3 is 14.8 Å². The molecule has 0 spiro atoms. The normalized spacial score (nSPS) is 19.8. The highest BCUT2D eigenvalue weighted by Gasteiger charge is 2.40. The minimum atomic E-state index is -0.430. The molecule has 2 aliphatic heterocycles. The molecule has 1 aromatic carbocycles. The Morgan fingerprint density at radius 1 is 1.03 bits per heavy atom. The molecule has 8 nitrogen and oxygen atoms in total. The molecule has 152 valence electrons. The molecule has 2 aliphatic rings. The lowest BCUT2D eigenvalue weighted by molar-refractivity contribution is 0.0783. The standard InChI is InChI=1S/C21H19FN6O2/c22-16-2-1-3-17(9-16)24-20(29)19-26-25-18-8-14-10-27(11-15(14)12-28(18)19)21(30)13-4-6-23-7-5-13/h1-7,9,14-15H,8,10-12H2,(H,24,29). The fourth-order valence-electron chi connectivity index (χ4n) is 4.29. The Hall–Kier alpha value is -3.62. The first-order chi connectivity index (χ1) is 14.6. The van der Waals surface area contributed by atoms with E-state index in [2.05, 4.69) is 20.5 Å². The van der Waals surface area contributed by atoms with Crippen LogP contribution in [0.2, 0.25) is 0 Å². The molecular weight excluding hydrogens is 387 g/mol. The van der Waals surface area contributed by atoms with Gasteiger partial charge in [0, 0.05) is 49.7 Å². The molecule has 0 saturated carbocycles. The number of fused-ring (bicyclic) bond motifs is 2. The van der Waals surface area contributed by atoms with E-state index < -0.39 is 11.7 Å². The average molecular weight is 406 g/mol. The van der Waals surface area contributed by atoms with Crippen LogP contribution in [-0.2, 0) is 13.0 Å². The summed E-state index contributed by atoms with van der Waals surface area (Å²) in [7, 11) is 0. The number of hydrogen-bond acceptors (Lipinski definition) is 5. The number of benzene rings is 1. The summed E-state index contributed by atoms with van der Waals surface area (Å²) in [5.41, 5.74) is 0.985. The highest BCUT2D eigenvalue weighted by Crippen LogP contribution is 2.33. The van der Waals surface area contributed by atoms with Crippen molar-refractivity contribution in [3.8, 4) is 0 Å².